The third-order valence-corrected chi connectivity index (χ3v) is 3.83. The Morgan fingerprint density at radius 2 is 1.80 bits per heavy atom. The Bertz CT molecular complexity index is 335. The summed E-state index contributed by atoms with van der Waals surface area (Å²) in [5, 5.41) is 0. The fraction of sp³-hybridized carbons (Fsp3) is 0.429. The topological polar surface area (TPSA) is 0 Å². The van der Waals surface area contributed by atoms with Gasteiger partial charge < -0.3 is 0 Å². The highest BCUT2D eigenvalue weighted by molar-refractivity contribution is 9.10. The highest BCUT2D eigenvalue weighted by atomic mass is 79.9. The van der Waals surface area contributed by atoms with Gasteiger partial charge in [-0.1, -0.05) is 65.5 Å². The Morgan fingerprint density at radius 1 is 1.07 bits per heavy atom. The number of hydrogen-bond acceptors (Lipinski definition) is 0. The van der Waals surface area contributed by atoms with Crippen LogP contribution in [-0.2, 0) is 0 Å². The zero-order valence-electron chi connectivity index (χ0n) is 8.95. The van der Waals surface area contributed by atoms with Crippen LogP contribution in [0.1, 0.15) is 37.7 Å². The van der Waals surface area contributed by atoms with E-state index in [0.717, 1.165) is 5.92 Å². The van der Waals surface area contributed by atoms with Gasteiger partial charge in [-0.3, -0.25) is 0 Å². The standard InChI is InChI=1S/C14H17Br/c15-14-9-5-4-8-13(14)11-10-12-6-2-1-3-7-12/h4-5,8-12H,1-3,6-7H2. The Morgan fingerprint density at radius 3 is 2.53 bits per heavy atom. The van der Waals surface area contributed by atoms with Crippen LogP contribution in [0.2, 0.25) is 0 Å². The van der Waals surface area contributed by atoms with E-state index < -0.39 is 0 Å². The average molecular weight is 265 g/mol. The smallest absolute Gasteiger partial charge is 0.0247 e. The third kappa shape index (κ3) is 3.20. The molecule has 0 nitrogen and oxygen atoms in total. The van der Waals surface area contributed by atoms with Crippen LogP contribution in [0.25, 0.3) is 6.08 Å². The first-order valence-corrected chi connectivity index (χ1v) is 6.58. The van der Waals surface area contributed by atoms with Crippen LogP contribution in [-0.4, -0.2) is 0 Å². The molecular weight excluding hydrogens is 248 g/mol. The lowest BCUT2D eigenvalue weighted by atomic mass is 9.89. The highest BCUT2D eigenvalue weighted by Gasteiger charge is 2.09. The predicted octanol–water partition coefficient (Wildman–Crippen LogP) is 5.04. The lowest BCUT2D eigenvalue weighted by Crippen LogP contribution is -2.02. The van der Waals surface area contributed by atoms with Gasteiger partial charge in [0.2, 0.25) is 0 Å². The van der Waals surface area contributed by atoms with E-state index >= 15 is 0 Å². The molecule has 0 spiro atoms. The first kappa shape index (κ1) is 10.9. The summed E-state index contributed by atoms with van der Waals surface area (Å²) >= 11 is 3.57. The summed E-state index contributed by atoms with van der Waals surface area (Å²) in [5.41, 5.74) is 1.29. The van der Waals surface area contributed by atoms with Crippen molar-refractivity contribution in [2.24, 2.45) is 5.92 Å². The normalized spacial score (nSPS) is 18.5. The Kier molecular flexibility index (Phi) is 4.01. The Hall–Kier alpha value is -0.560. The molecular formula is C14H17Br. The van der Waals surface area contributed by atoms with E-state index in [1.807, 2.05) is 0 Å². The van der Waals surface area contributed by atoms with Crippen LogP contribution < -0.4 is 0 Å². The van der Waals surface area contributed by atoms with Gasteiger partial charge in [0.1, 0.15) is 0 Å². The van der Waals surface area contributed by atoms with Gasteiger partial charge in [0.15, 0.2) is 0 Å². The second kappa shape index (κ2) is 5.50. The minimum Gasteiger partial charge on any atom is -0.0808 e. The van der Waals surface area contributed by atoms with E-state index in [1.165, 1.54) is 42.1 Å². The Balaban J connectivity index is 2.01. The van der Waals surface area contributed by atoms with E-state index in [9.17, 15) is 0 Å². The molecule has 0 unspecified atom stereocenters. The van der Waals surface area contributed by atoms with Crippen LogP contribution >= 0.6 is 15.9 Å². The van der Waals surface area contributed by atoms with Gasteiger partial charge in [0, 0.05) is 4.47 Å². The summed E-state index contributed by atoms with van der Waals surface area (Å²) in [5.74, 6) is 0.811. The number of hydrogen-bond donors (Lipinski definition) is 0. The molecule has 0 atom stereocenters. The second-order valence-corrected chi connectivity index (χ2v) is 5.13. The molecule has 0 heterocycles. The predicted molar refractivity (Wildman–Crippen MR) is 69.8 cm³/mol. The van der Waals surface area contributed by atoms with Gasteiger partial charge >= 0.3 is 0 Å². The molecule has 0 N–H and O–H groups in total. The van der Waals surface area contributed by atoms with Crippen molar-refractivity contribution < 1.29 is 0 Å². The van der Waals surface area contributed by atoms with Gasteiger partial charge in [-0.25, -0.2) is 0 Å². The molecule has 0 bridgehead atoms. The minimum absolute atomic E-state index is 0.811. The van der Waals surface area contributed by atoms with Crippen molar-refractivity contribution in [1.29, 1.82) is 0 Å². The van der Waals surface area contributed by atoms with Gasteiger partial charge in [-0.2, -0.15) is 0 Å². The molecule has 1 aliphatic rings. The summed E-state index contributed by atoms with van der Waals surface area (Å²) in [7, 11) is 0. The summed E-state index contributed by atoms with van der Waals surface area (Å²) in [6.07, 6.45) is 11.6. The average Bonchev–Trinajstić information content (AvgIpc) is 2.29. The molecule has 1 aromatic carbocycles. The SMILES string of the molecule is Brc1ccccc1C=CC1CCCCC1. The molecule has 1 heteroatoms. The zero-order valence-corrected chi connectivity index (χ0v) is 10.5. The van der Waals surface area contributed by atoms with E-state index in [2.05, 4.69) is 52.3 Å². The van der Waals surface area contributed by atoms with Crippen LogP contribution in [0.3, 0.4) is 0 Å². The van der Waals surface area contributed by atoms with Crippen molar-refractivity contribution in [3.63, 3.8) is 0 Å². The van der Waals surface area contributed by atoms with Crippen molar-refractivity contribution in [1.82, 2.24) is 0 Å². The maximum Gasteiger partial charge on any atom is 0.0247 e. The monoisotopic (exact) mass is 264 g/mol. The molecule has 0 saturated heterocycles. The number of halogens is 1. The van der Waals surface area contributed by atoms with Crippen molar-refractivity contribution in [3.8, 4) is 0 Å². The summed E-state index contributed by atoms with van der Waals surface area (Å²) in [4.78, 5) is 0. The summed E-state index contributed by atoms with van der Waals surface area (Å²) in [6, 6.07) is 8.40. The summed E-state index contributed by atoms with van der Waals surface area (Å²) in [6.45, 7) is 0. The molecule has 0 aliphatic heterocycles. The molecule has 0 amide bonds. The Labute approximate surface area is 101 Å². The second-order valence-electron chi connectivity index (χ2n) is 4.28. The molecule has 80 valence electrons. The fourth-order valence-corrected chi connectivity index (χ4v) is 2.59. The maximum atomic E-state index is 3.57. The van der Waals surface area contributed by atoms with E-state index in [1.54, 1.807) is 0 Å². The van der Waals surface area contributed by atoms with E-state index in [4.69, 9.17) is 0 Å². The largest absolute Gasteiger partial charge is 0.0808 e. The van der Waals surface area contributed by atoms with Crippen LogP contribution in [0.4, 0.5) is 0 Å². The van der Waals surface area contributed by atoms with Gasteiger partial charge in [0.25, 0.3) is 0 Å². The lowest BCUT2D eigenvalue weighted by Gasteiger charge is -2.17. The van der Waals surface area contributed by atoms with Gasteiger partial charge in [-0.15, -0.1) is 0 Å². The van der Waals surface area contributed by atoms with Crippen LogP contribution in [0.5, 0.6) is 0 Å². The van der Waals surface area contributed by atoms with E-state index in [-0.39, 0.29) is 0 Å². The quantitative estimate of drug-likeness (QED) is 0.702. The first-order valence-electron chi connectivity index (χ1n) is 5.79. The van der Waals surface area contributed by atoms with Crippen molar-refractivity contribution in [3.05, 3.63) is 40.4 Å². The first-order chi connectivity index (χ1) is 7.36. The fourth-order valence-electron chi connectivity index (χ4n) is 2.18. The van der Waals surface area contributed by atoms with Crippen LogP contribution in [0, 0.1) is 5.92 Å². The molecule has 1 fully saturated rings. The maximum absolute atomic E-state index is 3.57. The van der Waals surface area contributed by atoms with Crippen molar-refractivity contribution >= 4 is 22.0 Å². The zero-order chi connectivity index (χ0) is 10.5. The molecule has 2 rings (SSSR count). The van der Waals surface area contributed by atoms with E-state index in [0.29, 0.717) is 0 Å². The molecule has 1 aromatic rings. The number of rotatable bonds is 2. The molecule has 15 heavy (non-hydrogen) atoms. The molecule has 0 radical (unpaired) electrons. The number of benzene rings is 1. The third-order valence-electron chi connectivity index (χ3n) is 3.10. The lowest BCUT2D eigenvalue weighted by molar-refractivity contribution is 0.420. The molecule has 1 saturated carbocycles. The summed E-state index contributed by atoms with van der Waals surface area (Å²) < 4.78 is 1.19. The molecule has 0 aromatic heterocycles. The minimum atomic E-state index is 0.811. The highest BCUT2D eigenvalue weighted by Crippen LogP contribution is 2.26. The van der Waals surface area contributed by atoms with Crippen molar-refractivity contribution in [2.75, 3.05) is 0 Å². The number of allylic oxidation sites excluding steroid dienone is 1. The molecule has 1 aliphatic carbocycles. The van der Waals surface area contributed by atoms with Gasteiger partial charge in [-0.05, 0) is 30.4 Å². The van der Waals surface area contributed by atoms with Crippen molar-refractivity contribution in [2.45, 2.75) is 32.1 Å². The van der Waals surface area contributed by atoms with Gasteiger partial charge in [0.05, 0.1) is 0 Å². The van der Waals surface area contributed by atoms with Crippen LogP contribution in [0.15, 0.2) is 34.8 Å².